The topological polar surface area (TPSA) is 73.7 Å². The zero-order valence-corrected chi connectivity index (χ0v) is 20.1. The van der Waals surface area contributed by atoms with E-state index in [9.17, 15) is 9.59 Å². The first-order valence-corrected chi connectivity index (χ1v) is 12.2. The molecule has 1 amide bonds. The Kier molecular flexibility index (Phi) is 8.48. The summed E-state index contributed by atoms with van der Waals surface area (Å²) in [6, 6.07) is 10.3. The molecule has 1 aliphatic rings. The molecule has 3 rings (SSSR count). The van der Waals surface area contributed by atoms with Crippen LogP contribution in [0.25, 0.3) is 6.08 Å². The maximum Gasteiger partial charge on any atom is 0.303 e. The molecule has 2 aromatic rings. The number of hydrogen-bond acceptors (Lipinski definition) is 7. The van der Waals surface area contributed by atoms with E-state index in [-0.39, 0.29) is 12.3 Å². The highest BCUT2D eigenvalue weighted by Gasteiger charge is 2.32. The molecular weight excluding hydrogens is 474 g/mol. The quantitative estimate of drug-likeness (QED) is 0.370. The Balaban J connectivity index is 1.60. The van der Waals surface area contributed by atoms with Crippen LogP contribution in [0.1, 0.15) is 29.7 Å². The van der Waals surface area contributed by atoms with Crippen molar-refractivity contribution in [3.63, 3.8) is 0 Å². The average Bonchev–Trinajstić information content (AvgIpc) is 3.23. The van der Waals surface area contributed by atoms with Crippen molar-refractivity contribution in [3.8, 4) is 0 Å². The zero-order valence-electron chi connectivity index (χ0n) is 16.9. The molecule has 31 heavy (non-hydrogen) atoms. The van der Waals surface area contributed by atoms with Crippen molar-refractivity contribution in [1.29, 1.82) is 0 Å². The number of nitrogens with zero attached hydrogens (tertiary/aromatic N) is 3. The second-order valence-electron chi connectivity index (χ2n) is 6.99. The Morgan fingerprint density at radius 2 is 2.06 bits per heavy atom. The second kappa shape index (κ2) is 11.1. The maximum absolute atomic E-state index is 12.7. The predicted octanol–water partition coefficient (Wildman–Crippen LogP) is 4.93. The summed E-state index contributed by atoms with van der Waals surface area (Å²) in [7, 11) is 1.98. The number of amides is 1. The third-order valence-electron chi connectivity index (χ3n) is 4.63. The van der Waals surface area contributed by atoms with E-state index in [2.05, 4.69) is 22.0 Å². The van der Waals surface area contributed by atoms with E-state index in [0.717, 1.165) is 24.5 Å². The Labute approximate surface area is 199 Å². The molecule has 0 bridgehead atoms. The van der Waals surface area contributed by atoms with E-state index < -0.39 is 5.97 Å². The van der Waals surface area contributed by atoms with Gasteiger partial charge in [0, 0.05) is 26.6 Å². The summed E-state index contributed by atoms with van der Waals surface area (Å²) >= 11 is 14.2. The summed E-state index contributed by atoms with van der Waals surface area (Å²) in [6.07, 6.45) is 4.05. The summed E-state index contributed by atoms with van der Waals surface area (Å²) in [5.41, 5.74) is 1.30. The van der Waals surface area contributed by atoms with Crippen molar-refractivity contribution in [3.05, 3.63) is 50.8 Å². The van der Waals surface area contributed by atoms with E-state index in [0.29, 0.717) is 32.2 Å². The van der Waals surface area contributed by atoms with Crippen molar-refractivity contribution in [2.45, 2.75) is 25.7 Å². The molecule has 6 nitrogen and oxygen atoms in total. The van der Waals surface area contributed by atoms with Crippen LogP contribution in [-0.2, 0) is 16.0 Å². The molecule has 164 valence electrons. The fourth-order valence-corrected chi connectivity index (χ4v) is 5.57. The number of carboxylic acids is 1. The molecule has 1 aromatic carbocycles. The molecular formula is C21H22ClN3O3S3. The van der Waals surface area contributed by atoms with Gasteiger partial charge in [-0.2, -0.15) is 0 Å². The summed E-state index contributed by atoms with van der Waals surface area (Å²) in [5.74, 6) is -1.11. The van der Waals surface area contributed by atoms with Crippen molar-refractivity contribution in [2.24, 2.45) is 0 Å². The van der Waals surface area contributed by atoms with Gasteiger partial charge in [-0.25, -0.2) is 4.98 Å². The van der Waals surface area contributed by atoms with Gasteiger partial charge in [-0.3, -0.25) is 14.5 Å². The number of carbonyl (C=O) groups excluding carboxylic acids is 1. The molecule has 1 fully saturated rings. The second-order valence-corrected chi connectivity index (χ2v) is 10.0. The lowest BCUT2D eigenvalue weighted by Crippen LogP contribution is -2.29. The molecule has 0 radical (unpaired) electrons. The van der Waals surface area contributed by atoms with Crippen molar-refractivity contribution in [2.75, 3.05) is 25.0 Å². The number of aromatic nitrogens is 1. The molecule has 0 saturated carbocycles. The van der Waals surface area contributed by atoms with Crippen LogP contribution in [0.15, 0.2) is 35.2 Å². The molecule has 1 N–H and O–H groups in total. The number of thiazole rings is 1. The summed E-state index contributed by atoms with van der Waals surface area (Å²) in [6.45, 7) is 1.13. The summed E-state index contributed by atoms with van der Waals surface area (Å²) in [5, 5.41) is 9.92. The van der Waals surface area contributed by atoms with Crippen LogP contribution in [-0.4, -0.2) is 51.3 Å². The van der Waals surface area contributed by atoms with Crippen LogP contribution in [0.3, 0.4) is 0 Å². The molecule has 2 heterocycles. The Morgan fingerprint density at radius 3 is 2.77 bits per heavy atom. The zero-order chi connectivity index (χ0) is 22.4. The van der Waals surface area contributed by atoms with Crippen LogP contribution in [0.5, 0.6) is 0 Å². The maximum atomic E-state index is 12.7. The van der Waals surface area contributed by atoms with E-state index in [1.807, 2.05) is 25.2 Å². The molecule has 0 unspecified atom stereocenters. The van der Waals surface area contributed by atoms with Crippen molar-refractivity contribution < 1.29 is 14.7 Å². The lowest BCUT2D eigenvalue weighted by atomic mass is 10.1. The first kappa shape index (κ1) is 23.7. The number of aryl methyl sites for hydroxylation is 1. The lowest BCUT2D eigenvalue weighted by Gasteiger charge is -2.15. The van der Waals surface area contributed by atoms with Gasteiger partial charge in [0.05, 0.1) is 9.78 Å². The van der Waals surface area contributed by atoms with Gasteiger partial charge in [-0.1, -0.05) is 77.2 Å². The van der Waals surface area contributed by atoms with Gasteiger partial charge < -0.3 is 10.0 Å². The fraction of sp³-hybridized carbons (Fsp3) is 0.333. The van der Waals surface area contributed by atoms with Crippen LogP contribution in [0.4, 0.5) is 5.13 Å². The van der Waals surface area contributed by atoms with E-state index in [1.54, 1.807) is 6.08 Å². The van der Waals surface area contributed by atoms with Crippen molar-refractivity contribution in [1.82, 2.24) is 9.88 Å². The first-order chi connectivity index (χ1) is 14.8. The Bertz CT molecular complexity index is 994. The minimum Gasteiger partial charge on any atom is -0.481 e. The minimum absolute atomic E-state index is 0.00323. The highest BCUT2D eigenvalue weighted by atomic mass is 35.5. The van der Waals surface area contributed by atoms with Gasteiger partial charge in [0.15, 0.2) is 5.13 Å². The normalized spacial score (nSPS) is 15.2. The van der Waals surface area contributed by atoms with Crippen LogP contribution >= 0.6 is 46.9 Å². The number of carbonyl (C=O) groups is 2. The monoisotopic (exact) mass is 495 g/mol. The standard InChI is InChI=1S/C21H22ClN3O3S3/c1-24(11-5-9-14-7-3-2-4-8-14)20-23-18(22)15(30-20)13-16-19(28)25(21(29)31-16)12-6-10-17(26)27/h2-4,7-8,13H,5-6,9-12H2,1H3,(H,26,27)/b16-13+. The molecule has 0 atom stereocenters. The minimum atomic E-state index is -0.891. The SMILES string of the molecule is CN(CCCc1ccccc1)c1nc(Cl)c(/C=C2/SC(=S)N(CCCC(=O)O)C2=O)s1. The van der Waals surface area contributed by atoms with Crippen LogP contribution in [0, 0.1) is 0 Å². The molecule has 0 aliphatic carbocycles. The number of anilines is 1. The molecule has 0 spiro atoms. The molecule has 1 aliphatic heterocycles. The Hall–Kier alpha value is -1.94. The first-order valence-electron chi connectivity index (χ1n) is 9.73. The van der Waals surface area contributed by atoms with Gasteiger partial charge >= 0.3 is 5.97 Å². The predicted molar refractivity (Wildman–Crippen MR) is 132 cm³/mol. The van der Waals surface area contributed by atoms with E-state index in [4.69, 9.17) is 28.9 Å². The molecule has 10 heteroatoms. The van der Waals surface area contributed by atoms with Gasteiger partial charge in [0.1, 0.15) is 9.47 Å². The third kappa shape index (κ3) is 6.52. The van der Waals surface area contributed by atoms with Gasteiger partial charge in [0.2, 0.25) is 0 Å². The number of thioether (sulfide) groups is 1. The highest BCUT2D eigenvalue weighted by Crippen LogP contribution is 2.37. The largest absolute Gasteiger partial charge is 0.481 e. The highest BCUT2D eigenvalue weighted by molar-refractivity contribution is 8.26. The fourth-order valence-electron chi connectivity index (χ4n) is 3.02. The third-order valence-corrected chi connectivity index (χ3v) is 7.53. The summed E-state index contributed by atoms with van der Waals surface area (Å²) < 4.78 is 0.431. The Morgan fingerprint density at radius 1 is 1.32 bits per heavy atom. The number of rotatable bonds is 10. The number of hydrogen-bond donors (Lipinski definition) is 1. The number of aliphatic carboxylic acids is 1. The number of benzene rings is 1. The molecule has 1 saturated heterocycles. The van der Waals surface area contributed by atoms with E-state index >= 15 is 0 Å². The van der Waals surface area contributed by atoms with E-state index in [1.165, 1.54) is 33.6 Å². The van der Waals surface area contributed by atoms with Crippen molar-refractivity contribution >= 4 is 74.3 Å². The number of thiocarbonyl (C=S) groups is 1. The van der Waals surface area contributed by atoms with Gasteiger partial charge in [-0.05, 0) is 30.9 Å². The number of halogens is 1. The van der Waals surface area contributed by atoms with Gasteiger partial charge in [-0.15, -0.1) is 0 Å². The van der Waals surface area contributed by atoms with Gasteiger partial charge in [0.25, 0.3) is 5.91 Å². The summed E-state index contributed by atoms with van der Waals surface area (Å²) in [4.78, 5) is 32.5. The average molecular weight is 496 g/mol. The lowest BCUT2D eigenvalue weighted by molar-refractivity contribution is -0.137. The number of carboxylic acid groups (broad SMARTS) is 1. The molecule has 1 aromatic heterocycles. The smallest absolute Gasteiger partial charge is 0.303 e. The van der Waals surface area contributed by atoms with Crippen LogP contribution < -0.4 is 4.90 Å². The van der Waals surface area contributed by atoms with Crippen LogP contribution in [0.2, 0.25) is 5.15 Å².